The summed E-state index contributed by atoms with van der Waals surface area (Å²) >= 11 is 0. The molecule has 1 aliphatic carbocycles. The van der Waals surface area contributed by atoms with E-state index in [1.54, 1.807) is 7.11 Å². The van der Waals surface area contributed by atoms with Gasteiger partial charge in [0.25, 0.3) is 0 Å². The lowest BCUT2D eigenvalue weighted by Crippen LogP contribution is -2.33. The minimum Gasteiger partial charge on any atom is -0.481 e. The first-order valence-electron chi connectivity index (χ1n) is 20.6. The lowest BCUT2D eigenvalue weighted by molar-refractivity contribution is -0.153. The number of hydrogen-bond acceptors (Lipinski definition) is 6. The Morgan fingerprint density at radius 2 is 1.31 bits per heavy atom. The van der Waals surface area contributed by atoms with Gasteiger partial charge in [-0.25, -0.2) is 0 Å². The lowest BCUT2D eigenvalue weighted by atomic mass is 9.67. The van der Waals surface area contributed by atoms with Crippen LogP contribution in [0.5, 0.6) is 0 Å². The van der Waals surface area contributed by atoms with E-state index in [0.29, 0.717) is 25.0 Å². The van der Waals surface area contributed by atoms with Crippen molar-refractivity contribution in [1.29, 1.82) is 0 Å². The molecule has 0 radical (unpaired) electrons. The van der Waals surface area contributed by atoms with Crippen molar-refractivity contribution in [3.05, 3.63) is 130 Å². The molecule has 8 nitrogen and oxygen atoms in total. The SMILES string of the molecule is CCC(CC(C)(C)C(/C=C/C(C)=C/C=C/C(C)=C/C=C/C=C(C)/C=C/C=C(C)/C=C/C1C(C)=CC(OC)CC1(C)C)=C(C)C)OC(=O)CCC(=O)O.O=CCCC(=O)O. The Balaban J connectivity index is 0.00000438. The van der Waals surface area contributed by atoms with Crippen LogP contribution in [0.3, 0.4) is 0 Å². The highest BCUT2D eigenvalue weighted by atomic mass is 16.5. The first kappa shape index (κ1) is 54.2. The average molecular weight is 815 g/mol. The van der Waals surface area contributed by atoms with Gasteiger partial charge < -0.3 is 24.5 Å². The number of esters is 1. The van der Waals surface area contributed by atoms with Crippen molar-refractivity contribution in [2.24, 2.45) is 16.7 Å². The van der Waals surface area contributed by atoms with Crippen LogP contribution in [0.15, 0.2) is 130 Å². The summed E-state index contributed by atoms with van der Waals surface area (Å²) < 4.78 is 11.2. The van der Waals surface area contributed by atoms with Crippen molar-refractivity contribution in [2.75, 3.05) is 7.11 Å². The fraction of sp³-hybridized carbons (Fsp3) is 0.490. The number of carboxylic acid groups (broad SMARTS) is 2. The van der Waals surface area contributed by atoms with Crippen molar-refractivity contribution in [2.45, 2.75) is 140 Å². The number of allylic oxidation sites excluding steroid dienone is 21. The van der Waals surface area contributed by atoms with Crippen LogP contribution in [0, 0.1) is 16.7 Å². The molecule has 2 N–H and O–H groups in total. The summed E-state index contributed by atoms with van der Waals surface area (Å²) in [6.07, 6.45) is 34.7. The van der Waals surface area contributed by atoms with Gasteiger partial charge in [-0.05, 0) is 84.1 Å². The maximum absolute atomic E-state index is 12.2. The number of carbonyl (C=O) groups is 4. The normalized spacial score (nSPS) is 18.6. The molecule has 0 aromatic heterocycles. The second-order valence-electron chi connectivity index (χ2n) is 16.8. The molecule has 0 saturated heterocycles. The van der Waals surface area contributed by atoms with Gasteiger partial charge in [-0.15, -0.1) is 0 Å². The van der Waals surface area contributed by atoms with Crippen LogP contribution in [0.1, 0.15) is 128 Å². The molecule has 8 heteroatoms. The molecule has 3 unspecified atom stereocenters. The Hall–Kier alpha value is -4.82. The first-order chi connectivity index (χ1) is 27.6. The van der Waals surface area contributed by atoms with Crippen molar-refractivity contribution in [3.8, 4) is 0 Å². The average Bonchev–Trinajstić information content (AvgIpc) is 3.13. The van der Waals surface area contributed by atoms with E-state index in [0.717, 1.165) is 17.6 Å². The molecule has 59 heavy (non-hydrogen) atoms. The number of ether oxygens (including phenoxy) is 2. The monoisotopic (exact) mass is 815 g/mol. The van der Waals surface area contributed by atoms with Crippen LogP contribution in [0.25, 0.3) is 0 Å². The zero-order valence-electron chi connectivity index (χ0n) is 38.3. The molecule has 0 saturated carbocycles. The van der Waals surface area contributed by atoms with Gasteiger partial charge in [-0.3, -0.25) is 14.4 Å². The lowest BCUT2D eigenvalue weighted by Gasteiger charge is -2.39. The molecule has 0 bridgehead atoms. The Morgan fingerprint density at radius 1 is 0.797 bits per heavy atom. The fourth-order valence-electron chi connectivity index (χ4n) is 6.74. The van der Waals surface area contributed by atoms with E-state index >= 15 is 0 Å². The number of hydrogen-bond donors (Lipinski definition) is 2. The van der Waals surface area contributed by atoms with Crippen LogP contribution in [0.2, 0.25) is 0 Å². The molecule has 0 amide bonds. The van der Waals surface area contributed by atoms with Gasteiger partial charge in [0.05, 0.1) is 25.4 Å². The molecular weight excluding hydrogens is 741 g/mol. The zero-order valence-corrected chi connectivity index (χ0v) is 38.3. The van der Waals surface area contributed by atoms with Gasteiger partial charge in [0.2, 0.25) is 0 Å². The molecule has 0 aromatic carbocycles. The number of methoxy groups -OCH3 is 1. The van der Waals surface area contributed by atoms with Gasteiger partial charge in [0.15, 0.2) is 0 Å². The number of aldehydes is 1. The summed E-state index contributed by atoms with van der Waals surface area (Å²) in [7, 11) is 1.79. The molecule has 0 aliphatic heterocycles. The van der Waals surface area contributed by atoms with E-state index in [-0.39, 0.29) is 48.7 Å². The summed E-state index contributed by atoms with van der Waals surface area (Å²) in [4.78, 5) is 42.0. The van der Waals surface area contributed by atoms with Crippen LogP contribution in [-0.4, -0.2) is 53.7 Å². The van der Waals surface area contributed by atoms with Gasteiger partial charge in [0, 0.05) is 19.4 Å². The van der Waals surface area contributed by atoms with Crippen LogP contribution >= 0.6 is 0 Å². The van der Waals surface area contributed by atoms with Crippen LogP contribution < -0.4 is 0 Å². The molecule has 1 rings (SSSR count). The zero-order chi connectivity index (χ0) is 45.2. The highest BCUT2D eigenvalue weighted by molar-refractivity contribution is 5.76. The van der Waals surface area contributed by atoms with E-state index in [9.17, 15) is 19.2 Å². The number of aliphatic carboxylic acids is 2. The summed E-state index contributed by atoms with van der Waals surface area (Å²) in [5.41, 5.74) is 8.37. The second kappa shape index (κ2) is 28.6. The first-order valence-corrected chi connectivity index (χ1v) is 20.6. The number of rotatable bonds is 22. The van der Waals surface area contributed by atoms with Crippen LogP contribution in [0.4, 0.5) is 0 Å². The molecular formula is C51H74O8. The van der Waals surface area contributed by atoms with E-state index in [1.807, 2.05) is 6.92 Å². The molecule has 0 spiro atoms. The predicted molar refractivity (Wildman–Crippen MR) is 244 cm³/mol. The van der Waals surface area contributed by atoms with Gasteiger partial charge in [0.1, 0.15) is 12.4 Å². The van der Waals surface area contributed by atoms with Crippen LogP contribution in [-0.2, 0) is 28.7 Å². The van der Waals surface area contributed by atoms with Crippen molar-refractivity contribution in [3.63, 3.8) is 0 Å². The number of carboxylic acids is 2. The quantitative estimate of drug-likeness (QED) is 0.0479. The second-order valence-corrected chi connectivity index (χ2v) is 16.8. The molecule has 3 atom stereocenters. The third-order valence-corrected chi connectivity index (χ3v) is 9.92. The molecule has 326 valence electrons. The topological polar surface area (TPSA) is 127 Å². The molecule has 0 heterocycles. The molecule has 0 aromatic rings. The summed E-state index contributed by atoms with van der Waals surface area (Å²) in [5.74, 6) is -1.97. The molecule has 1 aliphatic rings. The Kier molecular flexibility index (Phi) is 26.2. The summed E-state index contributed by atoms with van der Waals surface area (Å²) in [6.45, 7) is 25.8. The number of carbonyl (C=O) groups excluding carboxylic acids is 2. The van der Waals surface area contributed by atoms with E-state index < -0.39 is 17.9 Å². The van der Waals surface area contributed by atoms with Gasteiger partial charge in [-0.1, -0.05) is 159 Å². The van der Waals surface area contributed by atoms with E-state index in [4.69, 9.17) is 19.7 Å². The van der Waals surface area contributed by atoms with E-state index in [2.05, 4.69) is 167 Å². The Bertz CT molecular complexity index is 1720. The standard InChI is InChI=1S/C47H68O5.C4H6O3/c1-14-40(52-45(50)30-29-44(48)49)32-46(9,10)42(34(2)3)27-25-37(6)23-17-21-35(4)19-15-16-20-36(5)22-18-24-38(7)26-28-43-39(8)31-41(51-13)33-47(43,11)12;5-3-1-2-4(6)7/h15-28,31,40-41,43H,14,29-30,32-33H2,1-13H3,(H,48,49);3H,1-2H2,(H,6,7)/b16-15+,21-17+,22-18+,27-25+,28-26+,35-19+,36-20+,37-23+,38-24+;. The van der Waals surface area contributed by atoms with Gasteiger partial charge in [-0.2, -0.15) is 0 Å². The van der Waals surface area contributed by atoms with Crippen molar-refractivity contribution >= 4 is 24.2 Å². The summed E-state index contributed by atoms with van der Waals surface area (Å²) in [5, 5.41) is 16.8. The largest absolute Gasteiger partial charge is 0.481 e. The Morgan fingerprint density at radius 3 is 1.75 bits per heavy atom. The van der Waals surface area contributed by atoms with E-state index in [1.165, 1.54) is 27.9 Å². The smallest absolute Gasteiger partial charge is 0.306 e. The minimum atomic E-state index is -0.997. The maximum Gasteiger partial charge on any atom is 0.306 e. The fourth-order valence-corrected chi connectivity index (χ4v) is 6.74. The third kappa shape index (κ3) is 24.6. The van der Waals surface area contributed by atoms with Crippen molar-refractivity contribution < 1.29 is 38.9 Å². The van der Waals surface area contributed by atoms with Gasteiger partial charge >= 0.3 is 17.9 Å². The summed E-state index contributed by atoms with van der Waals surface area (Å²) in [6, 6.07) is 0. The maximum atomic E-state index is 12.2. The third-order valence-electron chi connectivity index (χ3n) is 9.92. The molecule has 0 fully saturated rings. The highest BCUT2D eigenvalue weighted by Gasteiger charge is 2.35. The van der Waals surface area contributed by atoms with Crippen molar-refractivity contribution in [1.82, 2.24) is 0 Å². The highest BCUT2D eigenvalue weighted by Crippen LogP contribution is 2.42. The minimum absolute atomic E-state index is 0.0521. The predicted octanol–water partition coefficient (Wildman–Crippen LogP) is 12.5. The Labute approximate surface area is 356 Å².